The van der Waals surface area contributed by atoms with Crippen LogP contribution in [0.25, 0.3) is 44.2 Å². The molecule has 50 heavy (non-hydrogen) atoms. The number of alkyl halides is 4. The second kappa shape index (κ2) is 11.4. The zero-order valence-electron chi connectivity index (χ0n) is 27.6. The van der Waals surface area contributed by atoms with Gasteiger partial charge in [0.15, 0.2) is 11.3 Å². The summed E-state index contributed by atoms with van der Waals surface area (Å²) in [6, 6.07) is 3.57. The molecule has 0 amide bonds. The summed E-state index contributed by atoms with van der Waals surface area (Å²) in [4.78, 5) is 22.2. The smallest absolute Gasteiger partial charge is 0.418 e. The monoisotopic (exact) mass is 694 g/mol. The zero-order valence-corrected chi connectivity index (χ0v) is 27.6. The van der Waals surface area contributed by atoms with E-state index in [2.05, 4.69) is 25.1 Å². The van der Waals surface area contributed by atoms with Gasteiger partial charge in [-0.2, -0.15) is 33.5 Å². The van der Waals surface area contributed by atoms with Crippen LogP contribution < -0.4 is 9.64 Å². The molecule has 3 atom stereocenters. The van der Waals surface area contributed by atoms with Crippen molar-refractivity contribution >= 4 is 38.8 Å². The van der Waals surface area contributed by atoms with E-state index >= 15 is 0 Å². The predicted molar refractivity (Wildman–Crippen MR) is 173 cm³/mol. The van der Waals surface area contributed by atoms with Gasteiger partial charge in [0.2, 0.25) is 0 Å². The van der Waals surface area contributed by atoms with Crippen LogP contribution in [-0.2, 0) is 18.0 Å². The summed E-state index contributed by atoms with van der Waals surface area (Å²) in [7, 11) is 1.67. The first kappa shape index (κ1) is 32.5. The Morgan fingerprint density at radius 1 is 1.22 bits per heavy atom. The van der Waals surface area contributed by atoms with Crippen LogP contribution in [0, 0.1) is 18.3 Å². The van der Waals surface area contributed by atoms with E-state index in [0.29, 0.717) is 47.3 Å². The van der Waals surface area contributed by atoms with Crippen molar-refractivity contribution in [2.24, 2.45) is 7.05 Å². The predicted octanol–water partition coefficient (Wildman–Crippen LogP) is 4.20. The fourth-order valence-electron chi connectivity index (χ4n) is 8.15. The van der Waals surface area contributed by atoms with Crippen LogP contribution in [0.1, 0.15) is 43.1 Å². The van der Waals surface area contributed by atoms with E-state index in [1.807, 2.05) is 11.0 Å². The van der Waals surface area contributed by atoms with E-state index in [-0.39, 0.29) is 66.1 Å². The molecule has 8 rings (SSSR count). The van der Waals surface area contributed by atoms with Gasteiger partial charge >= 0.3 is 12.2 Å². The van der Waals surface area contributed by atoms with E-state index in [1.165, 1.54) is 13.1 Å². The SMILES string of the molecule is Cc1nc2[nH]nc(C#N)c2c(-c2nccc3c4c(N5CCOC[C@@](C)(O)C5)nc(OC[C@@]56CCCN5C[C@H](F)C6)nc4n(C)c23)c1C(F)(F)F. The maximum Gasteiger partial charge on any atom is 0.418 e. The van der Waals surface area contributed by atoms with E-state index in [4.69, 9.17) is 19.4 Å². The first-order chi connectivity index (χ1) is 23.8. The Morgan fingerprint density at radius 2 is 2.04 bits per heavy atom. The molecule has 3 saturated heterocycles. The number of β-amino-alcohol motifs (C(OH)–C–C–N with tert-alkyl or cyclic N) is 1. The van der Waals surface area contributed by atoms with Gasteiger partial charge < -0.3 is 24.0 Å². The Balaban J connectivity index is 1.38. The normalized spacial score (nSPS) is 24.7. The molecule has 8 heterocycles. The van der Waals surface area contributed by atoms with Gasteiger partial charge in [-0.1, -0.05) is 0 Å². The first-order valence-corrected chi connectivity index (χ1v) is 16.4. The number of halogens is 4. The quantitative estimate of drug-likeness (QED) is 0.255. The van der Waals surface area contributed by atoms with Crippen LogP contribution >= 0.6 is 0 Å². The van der Waals surface area contributed by atoms with Gasteiger partial charge in [0.25, 0.3) is 0 Å². The Morgan fingerprint density at radius 3 is 2.82 bits per heavy atom. The highest BCUT2D eigenvalue weighted by Gasteiger charge is 2.49. The van der Waals surface area contributed by atoms with Crippen molar-refractivity contribution in [1.82, 2.24) is 39.6 Å². The molecule has 3 fully saturated rings. The number of hydrogen-bond donors (Lipinski definition) is 2. The van der Waals surface area contributed by atoms with Gasteiger partial charge in [0.05, 0.1) is 58.5 Å². The van der Waals surface area contributed by atoms with Crippen molar-refractivity contribution in [1.29, 1.82) is 5.26 Å². The van der Waals surface area contributed by atoms with Crippen LogP contribution in [0.2, 0.25) is 0 Å². The van der Waals surface area contributed by atoms with Crippen molar-refractivity contribution in [2.45, 2.75) is 56.6 Å². The minimum atomic E-state index is -4.85. The Labute approximate surface area is 282 Å². The number of anilines is 1. The summed E-state index contributed by atoms with van der Waals surface area (Å²) in [5.41, 5.74) is -3.04. The van der Waals surface area contributed by atoms with Crippen molar-refractivity contribution < 1.29 is 32.1 Å². The Kier molecular flexibility index (Phi) is 7.44. The van der Waals surface area contributed by atoms with Crippen LogP contribution in [0.15, 0.2) is 12.3 Å². The summed E-state index contributed by atoms with van der Waals surface area (Å²) in [6.07, 6.45) is -2.36. The average molecular weight is 695 g/mol. The summed E-state index contributed by atoms with van der Waals surface area (Å²) in [5, 5.41) is 28.4. The van der Waals surface area contributed by atoms with E-state index in [0.717, 1.165) is 19.4 Å². The molecule has 3 aliphatic rings. The van der Waals surface area contributed by atoms with E-state index < -0.39 is 29.1 Å². The third-order valence-corrected chi connectivity index (χ3v) is 10.2. The molecule has 0 radical (unpaired) electrons. The molecule has 0 aromatic carbocycles. The molecule has 5 aromatic rings. The molecule has 13 nitrogen and oxygen atoms in total. The highest BCUT2D eigenvalue weighted by Crippen LogP contribution is 2.46. The first-order valence-electron chi connectivity index (χ1n) is 16.4. The average Bonchev–Trinajstić information content (AvgIpc) is 3.76. The van der Waals surface area contributed by atoms with Gasteiger partial charge in [-0.15, -0.1) is 0 Å². The molecule has 17 heteroatoms. The van der Waals surface area contributed by atoms with Gasteiger partial charge in [0.1, 0.15) is 35.9 Å². The number of rotatable bonds is 5. The van der Waals surface area contributed by atoms with Crippen LogP contribution in [0.3, 0.4) is 0 Å². The summed E-state index contributed by atoms with van der Waals surface area (Å²) < 4.78 is 72.8. The second-order valence-electron chi connectivity index (χ2n) is 13.8. The topological polar surface area (TPSA) is 154 Å². The lowest BCUT2D eigenvalue weighted by Crippen LogP contribution is -2.44. The lowest BCUT2D eigenvalue weighted by molar-refractivity contribution is -0.137. The van der Waals surface area contributed by atoms with E-state index in [1.54, 1.807) is 24.6 Å². The second-order valence-corrected chi connectivity index (χ2v) is 13.8. The molecule has 0 aliphatic carbocycles. The third kappa shape index (κ3) is 5.11. The number of nitrogens with zero attached hydrogens (tertiary/aromatic N) is 9. The van der Waals surface area contributed by atoms with Gasteiger partial charge in [-0.3, -0.25) is 15.0 Å². The van der Waals surface area contributed by atoms with Crippen molar-refractivity contribution in [3.63, 3.8) is 0 Å². The van der Waals surface area contributed by atoms with Crippen molar-refractivity contribution in [3.05, 3.63) is 29.2 Å². The number of aromatic nitrogens is 7. The summed E-state index contributed by atoms with van der Waals surface area (Å²) in [6.45, 7) is 5.06. The van der Waals surface area contributed by atoms with Crippen molar-refractivity contribution in [2.75, 3.05) is 50.9 Å². The highest BCUT2D eigenvalue weighted by atomic mass is 19.4. The number of aryl methyl sites for hydroxylation is 2. The lowest BCUT2D eigenvalue weighted by atomic mass is 9.95. The molecule has 262 valence electrons. The van der Waals surface area contributed by atoms with Crippen LogP contribution in [-0.4, -0.2) is 108 Å². The molecule has 5 aromatic heterocycles. The van der Waals surface area contributed by atoms with E-state index in [9.17, 15) is 27.9 Å². The molecule has 0 saturated carbocycles. The molecular weight excluding hydrogens is 660 g/mol. The minimum absolute atomic E-state index is 0.0148. The largest absolute Gasteiger partial charge is 0.461 e. The van der Waals surface area contributed by atoms with Crippen molar-refractivity contribution in [3.8, 4) is 23.3 Å². The number of nitrogens with one attached hydrogen (secondary N) is 1. The maximum absolute atomic E-state index is 14.9. The van der Waals surface area contributed by atoms with Gasteiger partial charge in [0, 0.05) is 43.7 Å². The molecule has 0 bridgehead atoms. The molecule has 3 aliphatic heterocycles. The number of nitriles is 1. The molecule has 2 N–H and O–H groups in total. The third-order valence-electron chi connectivity index (χ3n) is 10.2. The summed E-state index contributed by atoms with van der Waals surface area (Å²) >= 11 is 0. The number of hydrogen-bond acceptors (Lipinski definition) is 11. The van der Waals surface area contributed by atoms with Crippen LogP contribution in [0.5, 0.6) is 6.01 Å². The number of fused-ring (bicyclic) bond motifs is 5. The lowest BCUT2D eigenvalue weighted by Gasteiger charge is -2.31. The Bertz CT molecular complexity index is 2210. The number of pyridine rings is 2. The fraction of sp³-hybridized carbons (Fsp3) is 0.515. The zero-order chi connectivity index (χ0) is 35.2. The number of H-pyrrole nitrogens is 1. The summed E-state index contributed by atoms with van der Waals surface area (Å²) in [5.74, 6) is 0.391. The molecule has 0 unspecified atom stereocenters. The molecule has 0 spiro atoms. The number of aromatic amines is 1. The minimum Gasteiger partial charge on any atom is -0.461 e. The maximum atomic E-state index is 14.9. The van der Waals surface area contributed by atoms with Gasteiger partial charge in [-0.05, 0) is 39.3 Å². The number of ether oxygens (including phenoxy) is 2. The van der Waals surface area contributed by atoms with Gasteiger partial charge in [-0.25, -0.2) is 9.37 Å². The fourth-order valence-corrected chi connectivity index (χ4v) is 8.15. The van der Waals surface area contributed by atoms with Crippen LogP contribution in [0.4, 0.5) is 23.4 Å². The number of aliphatic hydroxyl groups is 1. The Hall–Kier alpha value is -4.66. The molecular formula is C33H34F4N10O3. The standard InChI is InChI=1S/C33H34F4N10O3/c1-17-24(33(35,36)37)23(22-20(12-38)43-44-27(22)40-17)25-26-19(5-7-39-25)21-28(45(26)3)41-30(42-29(21)46-9-10-49-15-31(2,48)14-46)50-16-32-6-4-8-47(32)13-18(34)11-32/h5,7,18,48H,4,6,8-11,13-16H2,1-3H3,(H,40,43,44)/t18-,31+,32+/m1/s1. The highest BCUT2D eigenvalue weighted by molar-refractivity contribution is 6.17.